The molecule has 1 fully saturated rings. The quantitative estimate of drug-likeness (QED) is 0.746. The molecule has 1 heterocycles. The number of hydrogen-bond donors (Lipinski definition) is 2. The summed E-state index contributed by atoms with van der Waals surface area (Å²) in [6.45, 7) is 4.99. The summed E-state index contributed by atoms with van der Waals surface area (Å²) in [5.41, 5.74) is 1.74. The molecule has 0 atom stereocenters. The standard InChI is InChI=1S/C22H24N2O5/c1-14(2)29-19-10-9-17(22(27)28)12-18(19)23-21(26)16-7-5-15(6-8-16)13-24-11-3-4-20(24)25/h5-10,12,14H,3-4,11,13H2,1-2H3,(H,23,26)(H,27,28). The molecule has 2 aromatic carbocycles. The molecule has 0 saturated carbocycles. The number of likely N-dealkylation sites (tertiary alicyclic amines) is 1. The van der Waals surface area contributed by atoms with Gasteiger partial charge in [-0.05, 0) is 56.2 Å². The van der Waals surface area contributed by atoms with Crippen molar-refractivity contribution < 1.29 is 24.2 Å². The summed E-state index contributed by atoms with van der Waals surface area (Å²) in [7, 11) is 0. The smallest absolute Gasteiger partial charge is 0.335 e. The first-order chi connectivity index (χ1) is 13.8. The van der Waals surface area contributed by atoms with Crippen molar-refractivity contribution in [2.24, 2.45) is 0 Å². The Balaban J connectivity index is 1.74. The summed E-state index contributed by atoms with van der Waals surface area (Å²) in [4.78, 5) is 37.5. The molecule has 0 aliphatic carbocycles. The minimum Gasteiger partial charge on any atom is -0.489 e. The Kier molecular flexibility index (Phi) is 6.16. The maximum absolute atomic E-state index is 12.7. The number of anilines is 1. The Bertz CT molecular complexity index is 921. The number of carbonyl (C=O) groups excluding carboxylic acids is 2. The van der Waals surface area contributed by atoms with Crippen molar-refractivity contribution in [2.75, 3.05) is 11.9 Å². The molecule has 3 rings (SSSR count). The molecule has 2 aromatic rings. The average molecular weight is 396 g/mol. The van der Waals surface area contributed by atoms with Crippen LogP contribution in [0.3, 0.4) is 0 Å². The predicted octanol–water partition coefficient (Wildman–Crippen LogP) is 3.55. The van der Waals surface area contributed by atoms with Crippen LogP contribution in [0, 0.1) is 0 Å². The van der Waals surface area contributed by atoms with Gasteiger partial charge in [-0.1, -0.05) is 12.1 Å². The van der Waals surface area contributed by atoms with Crippen molar-refractivity contribution >= 4 is 23.5 Å². The highest BCUT2D eigenvalue weighted by Crippen LogP contribution is 2.27. The lowest BCUT2D eigenvalue weighted by molar-refractivity contribution is -0.128. The van der Waals surface area contributed by atoms with E-state index in [4.69, 9.17) is 4.74 Å². The molecule has 2 N–H and O–H groups in total. The lowest BCUT2D eigenvalue weighted by Crippen LogP contribution is -2.23. The van der Waals surface area contributed by atoms with E-state index in [2.05, 4.69) is 5.32 Å². The third-order valence-corrected chi connectivity index (χ3v) is 4.60. The van der Waals surface area contributed by atoms with Crippen molar-refractivity contribution in [3.8, 4) is 5.75 Å². The zero-order valence-corrected chi connectivity index (χ0v) is 16.5. The number of nitrogens with one attached hydrogen (secondary N) is 1. The van der Waals surface area contributed by atoms with Crippen LogP contribution in [0.5, 0.6) is 5.75 Å². The van der Waals surface area contributed by atoms with Crippen LogP contribution in [0.25, 0.3) is 0 Å². The van der Waals surface area contributed by atoms with Crippen LogP contribution in [0.4, 0.5) is 5.69 Å². The van der Waals surface area contributed by atoms with Gasteiger partial charge in [0.25, 0.3) is 5.91 Å². The van der Waals surface area contributed by atoms with E-state index < -0.39 is 5.97 Å². The second-order valence-corrected chi connectivity index (χ2v) is 7.25. The van der Waals surface area contributed by atoms with E-state index in [0.29, 0.717) is 30.0 Å². The van der Waals surface area contributed by atoms with Crippen LogP contribution in [-0.4, -0.2) is 40.4 Å². The van der Waals surface area contributed by atoms with Crippen LogP contribution in [0.1, 0.15) is 53.0 Å². The van der Waals surface area contributed by atoms with E-state index in [1.165, 1.54) is 18.2 Å². The summed E-state index contributed by atoms with van der Waals surface area (Å²) < 4.78 is 5.68. The Hall–Kier alpha value is -3.35. The molecule has 0 bridgehead atoms. The number of carboxylic acids is 1. The Morgan fingerprint density at radius 1 is 1.14 bits per heavy atom. The van der Waals surface area contributed by atoms with E-state index >= 15 is 0 Å². The zero-order valence-electron chi connectivity index (χ0n) is 16.5. The molecule has 29 heavy (non-hydrogen) atoms. The number of carboxylic acid groups (broad SMARTS) is 1. The fourth-order valence-corrected chi connectivity index (χ4v) is 3.16. The average Bonchev–Trinajstić information content (AvgIpc) is 3.07. The number of aromatic carboxylic acids is 1. The molecule has 1 aliphatic heterocycles. The summed E-state index contributed by atoms with van der Waals surface area (Å²) in [6.07, 6.45) is 1.35. The van der Waals surface area contributed by atoms with Gasteiger partial charge in [0, 0.05) is 25.1 Å². The van der Waals surface area contributed by atoms with Gasteiger partial charge < -0.3 is 20.1 Å². The number of hydrogen-bond acceptors (Lipinski definition) is 4. The highest BCUT2D eigenvalue weighted by molar-refractivity contribution is 6.05. The van der Waals surface area contributed by atoms with E-state index in [1.807, 2.05) is 30.9 Å². The first-order valence-corrected chi connectivity index (χ1v) is 9.55. The highest BCUT2D eigenvalue weighted by Gasteiger charge is 2.20. The molecule has 7 nitrogen and oxygen atoms in total. The van der Waals surface area contributed by atoms with Crippen LogP contribution in [-0.2, 0) is 11.3 Å². The minimum atomic E-state index is -1.09. The lowest BCUT2D eigenvalue weighted by Gasteiger charge is -2.16. The van der Waals surface area contributed by atoms with Gasteiger partial charge in [0.1, 0.15) is 5.75 Å². The molecule has 0 radical (unpaired) electrons. The Morgan fingerprint density at radius 3 is 2.41 bits per heavy atom. The first kappa shape index (κ1) is 20.4. The normalized spacial score (nSPS) is 13.6. The van der Waals surface area contributed by atoms with E-state index in [9.17, 15) is 19.5 Å². The highest BCUT2D eigenvalue weighted by atomic mass is 16.5. The first-order valence-electron chi connectivity index (χ1n) is 9.55. The molecule has 152 valence electrons. The second-order valence-electron chi connectivity index (χ2n) is 7.25. The summed E-state index contributed by atoms with van der Waals surface area (Å²) >= 11 is 0. The maximum Gasteiger partial charge on any atom is 0.335 e. The Morgan fingerprint density at radius 2 is 1.83 bits per heavy atom. The van der Waals surface area contributed by atoms with Crippen LogP contribution < -0.4 is 10.1 Å². The van der Waals surface area contributed by atoms with E-state index in [-0.39, 0.29) is 23.5 Å². The van der Waals surface area contributed by atoms with Gasteiger partial charge in [-0.15, -0.1) is 0 Å². The van der Waals surface area contributed by atoms with E-state index in [0.717, 1.165) is 18.5 Å². The van der Waals surface area contributed by atoms with E-state index in [1.54, 1.807) is 12.1 Å². The monoisotopic (exact) mass is 396 g/mol. The summed E-state index contributed by atoms with van der Waals surface area (Å²) in [5.74, 6) is -0.896. The predicted molar refractivity (Wildman–Crippen MR) is 108 cm³/mol. The van der Waals surface area contributed by atoms with Gasteiger partial charge in [0.2, 0.25) is 5.91 Å². The number of carbonyl (C=O) groups is 3. The van der Waals surface area contributed by atoms with Gasteiger partial charge in [0.15, 0.2) is 0 Å². The van der Waals surface area contributed by atoms with Crippen molar-refractivity contribution in [2.45, 2.75) is 39.3 Å². The van der Waals surface area contributed by atoms with Gasteiger partial charge in [-0.2, -0.15) is 0 Å². The molecular formula is C22H24N2O5. The fourth-order valence-electron chi connectivity index (χ4n) is 3.16. The number of ether oxygens (including phenoxy) is 1. The number of benzene rings is 2. The minimum absolute atomic E-state index is 0.0574. The number of rotatable bonds is 7. The van der Waals surface area contributed by atoms with Gasteiger partial charge in [0.05, 0.1) is 17.4 Å². The molecule has 0 unspecified atom stereocenters. The zero-order chi connectivity index (χ0) is 21.0. The molecule has 7 heteroatoms. The van der Waals surface area contributed by atoms with Crippen molar-refractivity contribution in [1.82, 2.24) is 4.90 Å². The van der Waals surface area contributed by atoms with Crippen molar-refractivity contribution in [3.63, 3.8) is 0 Å². The summed E-state index contributed by atoms with van der Waals surface area (Å²) in [6, 6.07) is 11.4. The van der Waals surface area contributed by atoms with Gasteiger partial charge >= 0.3 is 5.97 Å². The molecule has 2 amide bonds. The van der Waals surface area contributed by atoms with Crippen LogP contribution in [0.15, 0.2) is 42.5 Å². The van der Waals surface area contributed by atoms with Crippen LogP contribution in [0.2, 0.25) is 0 Å². The molecule has 0 aromatic heterocycles. The third-order valence-electron chi connectivity index (χ3n) is 4.60. The van der Waals surface area contributed by atoms with Crippen molar-refractivity contribution in [3.05, 3.63) is 59.2 Å². The van der Waals surface area contributed by atoms with Crippen LogP contribution >= 0.6 is 0 Å². The number of amides is 2. The Labute approximate surface area is 169 Å². The molecule has 0 spiro atoms. The van der Waals surface area contributed by atoms with Crippen molar-refractivity contribution in [1.29, 1.82) is 0 Å². The molecule has 1 aliphatic rings. The molecule has 1 saturated heterocycles. The second kappa shape index (κ2) is 8.77. The van der Waals surface area contributed by atoms with Gasteiger partial charge in [-0.3, -0.25) is 9.59 Å². The number of nitrogens with zero attached hydrogens (tertiary/aromatic N) is 1. The SMILES string of the molecule is CC(C)Oc1ccc(C(=O)O)cc1NC(=O)c1ccc(CN2CCCC2=O)cc1. The maximum atomic E-state index is 12.7. The van der Waals surface area contributed by atoms with Gasteiger partial charge in [-0.25, -0.2) is 4.79 Å². The molecular weight excluding hydrogens is 372 g/mol. The summed E-state index contributed by atoms with van der Waals surface area (Å²) in [5, 5.41) is 12.0. The lowest BCUT2D eigenvalue weighted by atomic mass is 10.1. The topological polar surface area (TPSA) is 95.9 Å². The fraction of sp³-hybridized carbons (Fsp3) is 0.318. The largest absolute Gasteiger partial charge is 0.489 e. The third kappa shape index (κ3) is 5.13.